The molecule has 0 bridgehead atoms. The number of nitro groups is 1. The second kappa shape index (κ2) is 9.78. The summed E-state index contributed by atoms with van der Waals surface area (Å²) in [5.41, 5.74) is 0.823. The summed E-state index contributed by atoms with van der Waals surface area (Å²) in [4.78, 5) is 24.1. The van der Waals surface area contributed by atoms with E-state index in [1.54, 1.807) is 17.4 Å². The molecule has 1 amide bonds. The first-order valence-corrected chi connectivity index (χ1v) is 9.32. The van der Waals surface area contributed by atoms with Gasteiger partial charge in [0.25, 0.3) is 11.6 Å². The van der Waals surface area contributed by atoms with Crippen molar-refractivity contribution in [2.45, 2.75) is 39.2 Å². The molecule has 0 saturated carbocycles. The van der Waals surface area contributed by atoms with Crippen LogP contribution in [0.2, 0.25) is 0 Å². The van der Waals surface area contributed by atoms with Crippen molar-refractivity contribution in [1.29, 1.82) is 0 Å². The number of non-ortho nitro benzene ring substituents is 1. The minimum absolute atomic E-state index is 0.0854. The lowest BCUT2D eigenvalue weighted by molar-refractivity contribution is -0.384. The minimum atomic E-state index is -0.485. The van der Waals surface area contributed by atoms with E-state index < -0.39 is 4.92 Å². The minimum Gasteiger partial charge on any atom is -0.379 e. The van der Waals surface area contributed by atoms with Crippen molar-refractivity contribution in [3.05, 3.63) is 56.3 Å². The van der Waals surface area contributed by atoms with Crippen LogP contribution in [0.3, 0.4) is 0 Å². The standard InChI is InChI=1S/C18H23N3O3S/c1-2-3-4-5-10-19-18(22)16-12-14(21(23)24)8-9-17(16)20-13-15-7-6-11-25-15/h6-9,11-12,20H,2-5,10,13H2,1H3,(H,19,22). The van der Waals surface area contributed by atoms with Gasteiger partial charge in [0.1, 0.15) is 0 Å². The summed E-state index contributed by atoms with van der Waals surface area (Å²) in [5, 5.41) is 19.1. The van der Waals surface area contributed by atoms with E-state index in [9.17, 15) is 14.9 Å². The maximum Gasteiger partial charge on any atom is 0.270 e. The fourth-order valence-electron chi connectivity index (χ4n) is 2.43. The molecule has 0 fully saturated rings. The molecule has 0 radical (unpaired) electrons. The van der Waals surface area contributed by atoms with E-state index in [-0.39, 0.29) is 11.6 Å². The molecule has 1 aromatic heterocycles. The van der Waals surface area contributed by atoms with Gasteiger partial charge in [-0.15, -0.1) is 11.3 Å². The van der Waals surface area contributed by atoms with Crippen LogP contribution < -0.4 is 10.6 Å². The molecule has 2 rings (SSSR count). The Hall–Kier alpha value is -2.41. The Labute approximate surface area is 151 Å². The van der Waals surface area contributed by atoms with E-state index in [4.69, 9.17) is 0 Å². The molecule has 2 aromatic rings. The Morgan fingerprint density at radius 3 is 2.76 bits per heavy atom. The number of hydrogen-bond donors (Lipinski definition) is 2. The van der Waals surface area contributed by atoms with Gasteiger partial charge in [0.2, 0.25) is 0 Å². The van der Waals surface area contributed by atoms with E-state index in [0.717, 1.165) is 30.6 Å². The number of nitrogens with zero attached hydrogens (tertiary/aromatic N) is 1. The predicted octanol–water partition coefficient (Wildman–Crippen LogP) is 4.58. The lowest BCUT2D eigenvalue weighted by Gasteiger charge is -2.12. The lowest BCUT2D eigenvalue weighted by Crippen LogP contribution is -2.25. The van der Waals surface area contributed by atoms with Crippen LogP contribution in [0.25, 0.3) is 0 Å². The third kappa shape index (κ3) is 5.86. The molecule has 0 unspecified atom stereocenters. The van der Waals surface area contributed by atoms with Crippen LogP contribution in [0, 0.1) is 10.1 Å². The van der Waals surface area contributed by atoms with Gasteiger partial charge in [0.05, 0.1) is 10.5 Å². The van der Waals surface area contributed by atoms with Gasteiger partial charge in [-0.2, -0.15) is 0 Å². The molecule has 7 heteroatoms. The number of unbranched alkanes of at least 4 members (excludes halogenated alkanes) is 3. The zero-order valence-electron chi connectivity index (χ0n) is 14.3. The summed E-state index contributed by atoms with van der Waals surface area (Å²) >= 11 is 1.61. The molecule has 1 aromatic carbocycles. The van der Waals surface area contributed by atoms with Gasteiger partial charge in [-0.3, -0.25) is 14.9 Å². The Bertz CT molecular complexity index is 702. The summed E-state index contributed by atoms with van der Waals surface area (Å²) in [6.45, 7) is 3.28. The van der Waals surface area contributed by atoms with Gasteiger partial charge in [-0.25, -0.2) is 0 Å². The highest BCUT2D eigenvalue weighted by Gasteiger charge is 2.16. The van der Waals surface area contributed by atoms with Gasteiger partial charge >= 0.3 is 0 Å². The fraction of sp³-hybridized carbons (Fsp3) is 0.389. The molecule has 6 nitrogen and oxygen atoms in total. The maximum absolute atomic E-state index is 12.5. The van der Waals surface area contributed by atoms with Crippen molar-refractivity contribution in [3.8, 4) is 0 Å². The molecule has 134 valence electrons. The number of anilines is 1. The number of carbonyl (C=O) groups is 1. The van der Waals surface area contributed by atoms with Crippen molar-refractivity contribution in [3.63, 3.8) is 0 Å². The third-order valence-corrected chi connectivity index (χ3v) is 4.68. The smallest absolute Gasteiger partial charge is 0.270 e. The number of thiophene rings is 1. The topological polar surface area (TPSA) is 84.3 Å². The van der Waals surface area contributed by atoms with Crippen LogP contribution >= 0.6 is 11.3 Å². The zero-order valence-corrected chi connectivity index (χ0v) is 15.1. The number of benzene rings is 1. The molecule has 0 aliphatic carbocycles. The van der Waals surface area contributed by atoms with Gasteiger partial charge in [0.15, 0.2) is 0 Å². The summed E-state index contributed by atoms with van der Waals surface area (Å²) in [5.74, 6) is -0.283. The molecule has 0 aliphatic rings. The molecule has 25 heavy (non-hydrogen) atoms. The van der Waals surface area contributed by atoms with Crippen LogP contribution in [0.15, 0.2) is 35.7 Å². The average molecular weight is 361 g/mol. The van der Waals surface area contributed by atoms with Gasteiger partial charge < -0.3 is 10.6 Å². The predicted molar refractivity (Wildman–Crippen MR) is 101 cm³/mol. The van der Waals surface area contributed by atoms with Crippen LogP contribution in [-0.2, 0) is 6.54 Å². The first kappa shape index (κ1) is 18.9. The Morgan fingerprint density at radius 1 is 1.24 bits per heavy atom. The molecule has 0 atom stereocenters. The van der Waals surface area contributed by atoms with Crippen LogP contribution in [-0.4, -0.2) is 17.4 Å². The maximum atomic E-state index is 12.5. The monoisotopic (exact) mass is 361 g/mol. The second-order valence-corrected chi connectivity index (χ2v) is 6.77. The third-order valence-electron chi connectivity index (χ3n) is 3.81. The van der Waals surface area contributed by atoms with Crippen LogP contribution in [0.5, 0.6) is 0 Å². The molecular formula is C18H23N3O3S. The summed E-state index contributed by atoms with van der Waals surface area (Å²) in [7, 11) is 0. The van der Waals surface area contributed by atoms with Crippen molar-refractivity contribution in [2.24, 2.45) is 0 Å². The van der Waals surface area contributed by atoms with Gasteiger partial charge in [-0.05, 0) is 23.9 Å². The molecule has 1 heterocycles. The first-order chi connectivity index (χ1) is 12.1. The SMILES string of the molecule is CCCCCCNC(=O)c1cc([N+](=O)[O-])ccc1NCc1cccs1. The van der Waals surface area contributed by atoms with E-state index in [0.29, 0.717) is 24.3 Å². The fourth-order valence-corrected chi connectivity index (χ4v) is 3.08. The van der Waals surface area contributed by atoms with E-state index in [2.05, 4.69) is 17.6 Å². The number of amides is 1. The Balaban J connectivity index is 2.06. The quantitative estimate of drug-likeness (QED) is 0.368. The number of nitrogens with one attached hydrogen (secondary N) is 2. The number of carbonyl (C=O) groups excluding carboxylic acids is 1. The Kier molecular flexibility index (Phi) is 7.40. The van der Waals surface area contributed by atoms with Crippen molar-refractivity contribution in [1.82, 2.24) is 5.32 Å². The molecular weight excluding hydrogens is 338 g/mol. The molecule has 0 spiro atoms. The number of nitro benzene ring substituents is 1. The summed E-state index contributed by atoms with van der Waals surface area (Å²) in [6.07, 6.45) is 4.25. The lowest BCUT2D eigenvalue weighted by atomic mass is 10.1. The van der Waals surface area contributed by atoms with Crippen molar-refractivity contribution >= 4 is 28.6 Å². The Morgan fingerprint density at radius 2 is 2.08 bits per heavy atom. The highest BCUT2D eigenvalue weighted by Crippen LogP contribution is 2.23. The average Bonchev–Trinajstić information content (AvgIpc) is 3.13. The molecule has 2 N–H and O–H groups in total. The van der Waals surface area contributed by atoms with E-state index in [1.807, 2.05) is 17.5 Å². The second-order valence-electron chi connectivity index (χ2n) is 5.74. The highest BCUT2D eigenvalue weighted by atomic mass is 32.1. The van der Waals surface area contributed by atoms with Gasteiger partial charge in [0, 0.05) is 35.8 Å². The van der Waals surface area contributed by atoms with Crippen molar-refractivity contribution in [2.75, 3.05) is 11.9 Å². The summed E-state index contributed by atoms with van der Waals surface area (Å²) in [6, 6.07) is 8.29. The van der Waals surface area contributed by atoms with E-state index >= 15 is 0 Å². The highest BCUT2D eigenvalue weighted by molar-refractivity contribution is 7.09. The van der Waals surface area contributed by atoms with Crippen LogP contribution in [0.4, 0.5) is 11.4 Å². The van der Waals surface area contributed by atoms with Crippen LogP contribution in [0.1, 0.15) is 47.8 Å². The van der Waals surface area contributed by atoms with E-state index in [1.165, 1.54) is 12.1 Å². The molecule has 0 aliphatic heterocycles. The van der Waals surface area contributed by atoms with Crippen molar-refractivity contribution < 1.29 is 9.72 Å². The molecule has 0 saturated heterocycles. The largest absolute Gasteiger partial charge is 0.379 e. The number of hydrogen-bond acceptors (Lipinski definition) is 5. The number of rotatable bonds is 10. The normalized spacial score (nSPS) is 10.4. The first-order valence-electron chi connectivity index (χ1n) is 8.44. The zero-order chi connectivity index (χ0) is 18.1. The van der Waals surface area contributed by atoms with Gasteiger partial charge in [-0.1, -0.05) is 32.3 Å². The summed E-state index contributed by atoms with van der Waals surface area (Å²) < 4.78 is 0.